The molecule has 30 atom stereocenters. The van der Waals surface area contributed by atoms with Gasteiger partial charge in [-0.05, 0) is 130 Å². The Balaban J connectivity index is 0.602. The third-order valence-corrected chi connectivity index (χ3v) is 23.8. The summed E-state index contributed by atoms with van der Waals surface area (Å²) in [5.74, 6) is 1.46. The van der Waals surface area contributed by atoms with Gasteiger partial charge in [-0.1, -0.05) is 19.3 Å². The van der Waals surface area contributed by atoms with Crippen LogP contribution in [0.25, 0.3) is 0 Å². The topological polar surface area (TPSA) is 614 Å². The summed E-state index contributed by atoms with van der Waals surface area (Å²) in [5, 5.41) is 212. The van der Waals surface area contributed by atoms with Crippen LogP contribution in [0.3, 0.4) is 0 Å². The first-order valence-corrected chi connectivity index (χ1v) is 40.8. The highest BCUT2D eigenvalue weighted by molar-refractivity contribution is 5.95. The highest BCUT2D eigenvalue weighted by Crippen LogP contribution is 2.60. The van der Waals surface area contributed by atoms with Gasteiger partial charge in [0.1, 0.15) is 146 Å². The van der Waals surface area contributed by atoms with E-state index in [0.717, 1.165) is 75.7 Å². The summed E-state index contributed by atoms with van der Waals surface area (Å²) < 4.78 is 81.4. The number of hydrogen-bond acceptors (Lipinski definition) is 37. The van der Waals surface area contributed by atoms with E-state index in [0.29, 0.717) is 75.9 Å². The van der Waals surface area contributed by atoms with Crippen molar-refractivity contribution in [1.82, 2.24) is 21.3 Å². The number of ether oxygens (including phenoxy) is 14. The minimum atomic E-state index is -2.26. The zero-order valence-corrected chi connectivity index (χ0v) is 65.1. The van der Waals surface area contributed by atoms with Gasteiger partial charge in [0.15, 0.2) is 37.7 Å². The SMILES string of the molecule is O=C(CCCCCCCNC(=O)C12CC3CC(CC(C3)C1)C2)NCCCOCCOCCCNC(=O)c1ccc(N=Nc2ccc(C(=O)NC[C@H]3O[C@@H]4O[C@H]5[C@H](O)[C@@H](O)[C@@H](O[C@H]6[C@H](O)[C@@H](O)[C@@H](O[C@H]7[C@H](O)[C@@H](O)[C@@H](O[C@H]8[C@H](O)[C@@H](O)[C@@H](O[C@H]9[C@H](O)[C@@H](O)[C@@H](O[C@H]3[C@H](O)[C@H]4O)O[C@@H]9CO)O[C@@H]8CO)O[C@@H]7CO)O[C@@H]6CO)O[C@@H]5CO)cc2)cc1. The second kappa shape index (κ2) is 42.9. The number of unbranched alkanes of at least 4 members (excludes halogenated alkanes) is 4. The van der Waals surface area contributed by atoms with Crippen LogP contribution in [0.1, 0.15) is 111 Å². The smallest absolute Gasteiger partial charge is 0.251 e. The summed E-state index contributed by atoms with van der Waals surface area (Å²) in [4.78, 5) is 52.4. The molecule has 28 rings (SSSR count). The molecule has 0 radical (unpaired) electrons. The van der Waals surface area contributed by atoms with Gasteiger partial charge in [-0.25, -0.2) is 0 Å². The standard InChI is InChI=1S/C77H116N6O35/c84-31-44-63-52(92)58(98)72(109-44)116-65-46(33-86)111-74(60(100)54(65)94)118-67-48(35-88)112-75(61(101)55(67)95)117-66-47(34-87)110-73(59(99)53(66)93)115-64-45(32-85)108-71(57(97)51(64)91)113-62-43(107-70(114-63)56(96)50(62)90)30-81-69(103)40-11-15-42(16-12-40)83-82-41-13-9-39(10-14-41)68(102)79-19-7-21-106-23-22-105-20-6-18-78-49(89)8-4-2-1-3-5-17-80-76(104)77-27-36-24-37(28-77)26-38(25-36)29-77/h9-16,36-38,43-48,50-67,70-75,84-88,90-101H,1-8,17-35H2,(H,78,89)(H,79,102)(H,80,104)(H,81,103)/t36?,37?,38?,43-,44-,45-,46-,47-,48-,50-,51-,52-,53-,54-,55-,56-,57-,58-,59-,60-,61-,62-,63-,64-,65-,66-,67-,70-,71-,72-,73-,74-,75-,77?/m1/s1. The Morgan fingerprint density at radius 1 is 0.339 bits per heavy atom. The minimum absolute atomic E-state index is 0.0137. The lowest BCUT2D eigenvalue weighted by atomic mass is 9.49. The van der Waals surface area contributed by atoms with Crippen molar-refractivity contribution in [3.05, 3.63) is 59.7 Å². The molecule has 118 heavy (non-hydrogen) atoms. The highest BCUT2D eigenvalue weighted by atomic mass is 16.8. The molecule has 664 valence electrons. The molecular weight excluding hydrogens is 1570 g/mol. The number of azo groups is 1. The molecule has 41 nitrogen and oxygen atoms in total. The van der Waals surface area contributed by atoms with Crippen molar-refractivity contribution in [3.63, 3.8) is 0 Å². The van der Waals surface area contributed by atoms with Crippen LogP contribution in [0, 0.1) is 23.2 Å². The average molecular weight is 1690 g/mol. The largest absolute Gasteiger partial charge is 0.394 e. The second-order valence-corrected chi connectivity index (χ2v) is 32.2. The first kappa shape index (κ1) is 91.9. The average Bonchev–Trinajstić information content (AvgIpc) is 0.753. The Morgan fingerprint density at radius 2 is 0.636 bits per heavy atom. The van der Waals surface area contributed by atoms with Gasteiger partial charge in [0.05, 0.1) is 57.6 Å². The summed E-state index contributed by atoms with van der Waals surface area (Å²) in [6, 6.07) is 11.9. The monoisotopic (exact) mass is 1680 g/mol. The Bertz CT molecular complexity index is 3460. The van der Waals surface area contributed by atoms with E-state index in [1.807, 2.05) is 0 Å². The van der Waals surface area contributed by atoms with E-state index in [1.165, 1.54) is 43.5 Å². The molecule has 22 heterocycles. The molecule has 4 aliphatic carbocycles. The summed E-state index contributed by atoms with van der Waals surface area (Å²) in [7, 11) is 0. The highest BCUT2D eigenvalue weighted by Gasteiger charge is 2.60. The quantitative estimate of drug-likeness (QED) is 0.0247. The lowest BCUT2D eigenvalue weighted by molar-refractivity contribution is -0.403. The molecule has 21 N–H and O–H groups in total. The molecule has 26 aliphatic rings. The van der Waals surface area contributed by atoms with Crippen LogP contribution in [-0.4, -0.2) is 380 Å². The number of amides is 4. The minimum Gasteiger partial charge on any atom is -0.394 e. The lowest BCUT2D eigenvalue weighted by Gasteiger charge is -2.55. The Hall–Kier alpha value is -5.32. The third kappa shape index (κ3) is 22.1. The van der Waals surface area contributed by atoms with Crippen molar-refractivity contribution in [2.24, 2.45) is 33.4 Å². The number of benzene rings is 2. The van der Waals surface area contributed by atoms with Crippen molar-refractivity contribution < 1.29 is 172 Å². The number of nitrogens with one attached hydrogen (secondary N) is 4. The van der Waals surface area contributed by atoms with Gasteiger partial charge in [-0.15, -0.1) is 0 Å². The van der Waals surface area contributed by atoms with Gasteiger partial charge in [0.2, 0.25) is 11.8 Å². The third-order valence-electron chi connectivity index (χ3n) is 23.8. The molecule has 2 aromatic rings. The van der Waals surface area contributed by atoms with Gasteiger partial charge in [-0.3, -0.25) is 19.2 Å². The lowest BCUT2D eigenvalue weighted by Crippen LogP contribution is -2.69. The van der Waals surface area contributed by atoms with Crippen LogP contribution in [0.2, 0.25) is 0 Å². The van der Waals surface area contributed by atoms with Gasteiger partial charge in [0.25, 0.3) is 11.8 Å². The Kier molecular flexibility index (Phi) is 33.4. The normalized spacial score (nSPS) is 40.6. The molecular formula is C77H116N6O35. The maximum Gasteiger partial charge on any atom is 0.251 e. The molecule has 4 amide bonds. The molecule has 0 spiro atoms. The fourth-order valence-electron chi connectivity index (χ4n) is 17.7. The van der Waals surface area contributed by atoms with Crippen LogP contribution in [-0.2, 0) is 75.9 Å². The van der Waals surface area contributed by atoms with Crippen LogP contribution < -0.4 is 21.3 Å². The van der Waals surface area contributed by atoms with E-state index >= 15 is 0 Å². The van der Waals surface area contributed by atoms with E-state index in [1.54, 1.807) is 24.3 Å². The van der Waals surface area contributed by atoms with Crippen LogP contribution in [0.15, 0.2) is 58.8 Å². The van der Waals surface area contributed by atoms with E-state index in [2.05, 4.69) is 31.5 Å². The van der Waals surface area contributed by atoms with Gasteiger partial charge < -0.3 is 174 Å². The number of hydrogen-bond donors (Lipinski definition) is 21. The summed E-state index contributed by atoms with van der Waals surface area (Å²) in [6.07, 6.45) is -47.0. The van der Waals surface area contributed by atoms with E-state index < -0.39 is 230 Å². The van der Waals surface area contributed by atoms with Gasteiger partial charge in [-0.2, -0.15) is 10.2 Å². The predicted molar refractivity (Wildman–Crippen MR) is 396 cm³/mol. The Labute approximate surface area is 679 Å². The predicted octanol–water partition coefficient (Wildman–Crippen LogP) is -5.87. The number of aliphatic hydroxyl groups excluding tert-OH is 17. The molecule has 41 heteroatoms. The van der Waals surface area contributed by atoms with Crippen molar-refractivity contribution in [2.75, 3.05) is 85.6 Å². The van der Waals surface area contributed by atoms with Gasteiger partial charge >= 0.3 is 0 Å². The molecule has 26 fully saturated rings. The van der Waals surface area contributed by atoms with E-state index in [4.69, 9.17) is 66.3 Å². The summed E-state index contributed by atoms with van der Waals surface area (Å²) >= 11 is 0. The zero-order chi connectivity index (χ0) is 84.1. The number of carbonyl (C=O) groups excluding carboxylic acids is 4. The van der Waals surface area contributed by atoms with Crippen LogP contribution in [0.5, 0.6) is 0 Å². The van der Waals surface area contributed by atoms with Crippen molar-refractivity contribution in [2.45, 2.75) is 274 Å². The number of carbonyl (C=O) groups is 4. The van der Waals surface area contributed by atoms with Crippen LogP contribution in [0.4, 0.5) is 11.4 Å². The van der Waals surface area contributed by atoms with E-state index in [-0.39, 0.29) is 28.5 Å². The number of nitrogens with zero attached hydrogens (tertiary/aromatic N) is 2. The molecule has 16 bridgehead atoms. The van der Waals surface area contributed by atoms with Crippen molar-refractivity contribution in [3.8, 4) is 0 Å². The van der Waals surface area contributed by atoms with Crippen LogP contribution >= 0.6 is 0 Å². The van der Waals surface area contributed by atoms with Crippen molar-refractivity contribution >= 4 is 35.0 Å². The molecule has 2 aromatic carbocycles. The Morgan fingerprint density at radius 3 is 0.983 bits per heavy atom. The molecule has 0 unspecified atom stereocenters. The fraction of sp³-hybridized carbons (Fsp3) is 0.792. The second-order valence-electron chi connectivity index (χ2n) is 32.2. The fourth-order valence-corrected chi connectivity index (χ4v) is 17.7. The summed E-state index contributed by atoms with van der Waals surface area (Å²) in [5.41, 5.74) is 0.935. The van der Waals surface area contributed by atoms with E-state index in [9.17, 15) is 106 Å². The van der Waals surface area contributed by atoms with Gasteiger partial charge in [0, 0.05) is 62.4 Å². The molecule has 22 aliphatic heterocycles. The first-order valence-electron chi connectivity index (χ1n) is 40.8. The maximum absolute atomic E-state index is 14.0. The first-order chi connectivity index (χ1) is 56.8. The number of aliphatic hydroxyl groups is 17. The number of rotatable bonds is 31. The zero-order valence-electron chi connectivity index (χ0n) is 65.1. The maximum atomic E-state index is 14.0. The molecule has 4 saturated carbocycles. The molecule has 22 saturated heterocycles. The summed E-state index contributed by atoms with van der Waals surface area (Å²) in [6.45, 7) is -2.72. The molecule has 0 aromatic heterocycles. The van der Waals surface area contributed by atoms with Crippen molar-refractivity contribution in [1.29, 1.82) is 0 Å².